The number of hydrogen-bond acceptors (Lipinski definition) is 8. The maximum Gasteiger partial charge on any atom is 0.509 e. The van der Waals surface area contributed by atoms with E-state index < -0.39 is 17.7 Å². The van der Waals surface area contributed by atoms with Crippen LogP contribution in [0.3, 0.4) is 0 Å². The Labute approximate surface area is 193 Å². The molecule has 33 heavy (non-hydrogen) atoms. The van der Waals surface area contributed by atoms with E-state index in [1.165, 1.54) is 6.08 Å². The molecular weight excluding hydrogens is 426 g/mol. The Hall–Kier alpha value is -3.26. The Bertz CT molecular complexity index is 972. The zero-order chi connectivity index (χ0) is 23.4. The fourth-order valence-electron chi connectivity index (χ4n) is 4.87. The minimum atomic E-state index is -0.737. The second-order valence-corrected chi connectivity index (χ2v) is 8.31. The Morgan fingerprint density at radius 2 is 2.03 bits per heavy atom. The molecule has 1 spiro atoms. The summed E-state index contributed by atoms with van der Waals surface area (Å²) in [5.41, 5.74) is 1.76. The number of hydrogen-bond donors (Lipinski definition) is 0. The smallest absolute Gasteiger partial charge is 0.493 e. The first kappa shape index (κ1) is 22.9. The molecule has 8 heteroatoms. The first-order valence-corrected chi connectivity index (χ1v) is 11.0. The van der Waals surface area contributed by atoms with Crippen LogP contribution in [0.25, 0.3) is 0 Å². The normalized spacial score (nSPS) is 25.0. The topological polar surface area (TPSA) is 83.5 Å². The van der Waals surface area contributed by atoms with E-state index in [2.05, 4.69) is 24.1 Å². The van der Waals surface area contributed by atoms with Gasteiger partial charge >= 0.3 is 12.1 Å². The summed E-state index contributed by atoms with van der Waals surface area (Å²) in [5, 5.41) is 0. The molecule has 2 aliphatic heterocycles. The molecule has 0 saturated heterocycles. The molecule has 1 aromatic carbocycles. The lowest BCUT2D eigenvalue weighted by Crippen LogP contribution is -2.44. The molecule has 0 amide bonds. The van der Waals surface area contributed by atoms with Gasteiger partial charge in [-0.25, -0.2) is 4.79 Å². The van der Waals surface area contributed by atoms with E-state index in [1.807, 2.05) is 18.2 Å². The highest BCUT2D eigenvalue weighted by molar-refractivity contribution is 5.72. The van der Waals surface area contributed by atoms with Gasteiger partial charge in [0.25, 0.3) is 0 Å². The van der Waals surface area contributed by atoms with Crippen molar-refractivity contribution in [3.8, 4) is 11.5 Å². The van der Waals surface area contributed by atoms with Crippen LogP contribution in [0.1, 0.15) is 24.0 Å². The van der Waals surface area contributed by atoms with Gasteiger partial charge in [0.05, 0.1) is 19.1 Å². The van der Waals surface area contributed by atoms with E-state index in [0.717, 1.165) is 23.3 Å². The molecule has 0 aromatic heterocycles. The molecule has 0 fully saturated rings. The Balaban J connectivity index is 1.60. The molecule has 3 atom stereocenters. The van der Waals surface area contributed by atoms with Gasteiger partial charge in [0.2, 0.25) is 0 Å². The van der Waals surface area contributed by atoms with Crippen LogP contribution in [0, 0.1) is 0 Å². The van der Waals surface area contributed by atoms with Crippen LogP contribution in [-0.4, -0.2) is 62.6 Å². The first-order chi connectivity index (χ1) is 16.0. The van der Waals surface area contributed by atoms with E-state index in [4.69, 9.17) is 23.7 Å². The Morgan fingerprint density at radius 3 is 2.79 bits per heavy atom. The zero-order valence-corrected chi connectivity index (χ0v) is 18.8. The minimum absolute atomic E-state index is 0.0935. The lowest BCUT2D eigenvalue weighted by molar-refractivity contribution is -0.143. The summed E-state index contributed by atoms with van der Waals surface area (Å²) in [6.45, 7) is 8.87. The van der Waals surface area contributed by atoms with Crippen molar-refractivity contribution in [2.24, 2.45) is 0 Å². The number of carbonyl (C=O) groups is 2. The van der Waals surface area contributed by atoms with Crippen LogP contribution in [0.15, 0.2) is 49.6 Å². The van der Waals surface area contributed by atoms with Crippen LogP contribution >= 0.6 is 0 Å². The van der Waals surface area contributed by atoms with Crippen molar-refractivity contribution in [1.82, 2.24) is 4.90 Å². The summed E-state index contributed by atoms with van der Waals surface area (Å²) in [6, 6.07) is 3.92. The van der Waals surface area contributed by atoms with Crippen molar-refractivity contribution < 1.29 is 33.3 Å². The van der Waals surface area contributed by atoms with Crippen LogP contribution in [0.5, 0.6) is 11.5 Å². The molecule has 0 N–H and O–H groups in total. The van der Waals surface area contributed by atoms with Gasteiger partial charge in [-0.3, -0.25) is 9.69 Å². The van der Waals surface area contributed by atoms with Crippen molar-refractivity contribution in [2.45, 2.75) is 37.0 Å². The van der Waals surface area contributed by atoms with Gasteiger partial charge in [-0.05, 0) is 24.1 Å². The second kappa shape index (κ2) is 9.70. The van der Waals surface area contributed by atoms with E-state index >= 15 is 0 Å². The van der Waals surface area contributed by atoms with Gasteiger partial charge in [0.1, 0.15) is 25.4 Å². The number of benzene rings is 1. The lowest BCUT2D eigenvalue weighted by atomic mass is 9.69. The highest BCUT2D eigenvalue weighted by Gasteiger charge is 2.53. The average Bonchev–Trinajstić information content (AvgIpc) is 3.06. The molecular formula is C25H29NO7. The fraction of sp³-hybridized carbons (Fsp3) is 0.440. The minimum Gasteiger partial charge on any atom is -0.493 e. The van der Waals surface area contributed by atoms with Crippen molar-refractivity contribution in [3.05, 3.63) is 60.7 Å². The Morgan fingerprint density at radius 1 is 1.24 bits per heavy atom. The van der Waals surface area contributed by atoms with Crippen molar-refractivity contribution >= 4 is 12.1 Å². The summed E-state index contributed by atoms with van der Waals surface area (Å²) < 4.78 is 27.6. The van der Waals surface area contributed by atoms with Crippen LogP contribution in [0.2, 0.25) is 0 Å². The molecule has 1 aromatic rings. The average molecular weight is 456 g/mol. The maximum atomic E-state index is 12.2. The quantitative estimate of drug-likeness (QED) is 0.436. The number of ether oxygens (including phenoxy) is 5. The predicted molar refractivity (Wildman–Crippen MR) is 120 cm³/mol. The van der Waals surface area contributed by atoms with E-state index in [0.29, 0.717) is 25.3 Å². The van der Waals surface area contributed by atoms with Gasteiger partial charge in [0.15, 0.2) is 11.5 Å². The van der Waals surface area contributed by atoms with Gasteiger partial charge in [-0.1, -0.05) is 37.5 Å². The highest BCUT2D eigenvalue weighted by Crippen LogP contribution is 2.55. The summed E-state index contributed by atoms with van der Waals surface area (Å²) in [6.07, 6.45) is 6.82. The van der Waals surface area contributed by atoms with E-state index in [9.17, 15) is 9.59 Å². The maximum absolute atomic E-state index is 12.2. The number of esters is 1. The summed E-state index contributed by atoms with van der Waals surface area (Å²) in [5.74, 6) is 1.10. The highest BCUT2D eigenvalue weighted by atomic mass is 16.7. The number of nitrogens with zero attached hydrogens (tertiary/aromatic N) is 1. The fourth-order valence-corrected chi connectivity index (χ4v) is 4.87. The van der Waals surface area contributed by atoms with Gasteiger partial charge in [-0.2, -0.15) is 0 Å². The molecule has 0 saturated carbocycles. The van der Waals surface area contributed by atoms with Crippen molar-refractivity contribution in [3.63, 3.8) is 0 Å². The molecule has 2 heterocycles. The van der Waals surface area contributed by atoms with Gasteiger partial charge < -0.3 is 23.7 Å². The standard InChI is InChI=1S/C25H29NO7/c1-4-12-30-21(27)16-26-11-10-25-9-8-18(32-24(28)31-13-5-2)14-20(25)33-23-19(29-3)7-6-17(15-26)22(23)25/h4-9,18,20H,1-2,10-16H2,3H3/t18-,20-,25?/m0/s1. The molecule has 0 radical (unpaired) electrons. The summed E-state index contributed by atoms with van der Waals surface area (Å²) >= 11 is 0. The molecule has 4 rings (SSSR count). The largest absolute Gasteiger partial charge is 0.509 e. The van der Waals surface area contributed by atoms with Crippen LogP contribution in [0.4, 0.5) is 4.79 Å². The summed E-state index contributed by atoms with van der Waals surface area (Å²) in [7, 11) is 1.62. The lowest BCUT2D eigenvalue weighted by Gasteiger charge is -2.36. The predicted octanol–water partition coefficient (Wildman–Crippen LogP) is 3.30. The molecule has 3 aliphatic rings. The third kappa shape index (κ3) is 4.48. The first-order valence-electron chi connectivity index (χ1n) is 11.0. The van der Waals surface area contributed by atoms with E-state index in [-0.39, 0.29) is 31.8 Å². The van der Waals surface area contributed by atoms with Gasteiger partial charge in [0, 0.05) is 25.1 Å². The van der Waals surface area contributed by atoms with Crippen LogP contribution in [-0.2, 0) is 31.0 Å². The van der Waals surface area contributed by atoms with Gasteiger partial charge in [-0.15, -0.1) is 0 Å². The number of methoxy groups -OCH3 is 1. The third-order valence-electron chi connectivity index (χ3n) is 6.30. The molecule has 1 aliphatic carbocycles. The van der Waals surface area contributed by atoms with Crippen molar-refractivity contribution in [1.29, 1.82) is 0 Å². The summed E-state index contributed by atoms with van der Waals surface area (Å²) in [4.78, 5) is 26.2. The van der Waals surface area contributed by atoms with E-state index in [1.54, 1.807) is 13.2 Å². The monoisotopic (exact) mass is 455 g/mol. The number of carbonyl (C=O) groups excluding carboxylic acids is 2. The zero-order valence-electron chi connectivity index (χ0n) is 18.8. The Kier molecular flexibility index (Phi) is 6.74. The number of rotatable bonds is 8. The van der Waals surface area contributed by atoms with Crippen molar-refractivity contribution in [2.75, 3.05) is 33.4 Å². The molecule has 1 unspecified atom stereocenters. The molecule has 8 nitrogen and oxygen atoms in total. The second-order valence-electron chi connectivity index (χ2n) is 8.31. The third-order valence-corrected chi connectivity index (χ3v) is 6.30. The SMILES string of the molecule is C=CCOC(=O)CN1CCC23C=C[C@H](OC(=O)OCC=C)C[C@@H]2Oc2c(OC)ccc(c23)C1. The van der Waals surface area contributed by atoms with Crippen LogP contribution < -0.4 is 9.47 Å². The molecule has 176 valence electrons. The molecule has 0 bridgehead atoms.